The van der Waals surface area contributed by atoms with Gasteiger partial charge in [-0.1, -0.05) is 23.7 Å². The van der Waals surface area contributed by atoms with Crippen molar-refractivity contribution in [2.75, 3.05) is 0 Å². The number of urea groups is 1. The third-order valence-corrected chi connectivity index (χ3v) is 3.76. The van der Waals surface area contributed by atoms with Gasteiger partial charge in [-0.05, 0) is 37.0 Å². The smallest absolute Gasteiger partial charge is 0.315 e. The lowest BCUT2D eigenvalue weighted by atomic mass is 9.74. The zero-order chi connectivity index (χ0) is 14.6. The van der Waals surface area contributed by atoms with Crippen LogP contribution in [-0.2, 0) is 11.3 Å². The number of aliphatic carboxylic acids is 1. The summed E-state index contributed by atoms with van der Waals surface area (Å²) in [6.45, 7) is 0.357. The summed E-state index contributed by atoms with van der Waals surface area (Å²) in [6, 6.07) is 6.88. The normalized spacial score (nSPS) is 16.1. The summed E-state index contributed by atoms with van der Waals surface area (Å²) >= 11 is 5.86. The van der Waals surface area contributed by atoms with Gasteiger partial charge in [0.15, 0.2) is 0 Å². The number of carbonyl (C=O) groups excluding carboxylic acids is 1. The van der Waals surface area contributed by atoms with E-state index in [9.17, 15) is 9.59 Å². The number of carboxylic acids is 1. The van der Waals surface area contributed by atoms with Gasteiger partial charge in [-0.15, -0.1) is 0 Å². The van der Waals surface area contributed by atoms with Crippen molar-refractivity contribution in [1.29, 1.82) is 0 Å². The second-order valence-corrected chi connectivity index (χ2v) is 5.58. The molecule has 6 heteroatoms. The Bertz CT molecular complexity index is 515. The number of halogens is 1. The van der Waals surface area contributed by atoms with Gasteiger partial charge in [-0.3, -0.25) is 4.79 Å². The van der Waals surface area contributed by atoms with Crippen LogP contribution in [0.3, 0.4) is 0 Å². The zero-order valence-corrected chi connectivity index (χ0v) is 11.7. The summed E-state index contributed by atoms with van der Waals surface area (Å²) in [6.07, 6.45) is 2.34. The van der Waals surface area contributed by atoms with Crippen LogP contribution in [0.15, 0.2) is 24.3 Å². The molecule has 0 aromatic heterocycles. The van der Waals surface area contributed by atoms with Crippen molar-refractivity contribution in [2.24, 2.45) is 0 Å². The standard InChI is InChI=1S/C14H17ClN2O3/c15-11-4-1-3-10(7-11)9-16-13(20)17-14(5-2-6-14)8-12(18)19/h1,3-4,7H,2,5-6,8-9H2,(H,18,19)(H2,16,17,20). The Labute approximate surface area is 122 Å². The summed E-state index contributed by atoms with van der Waals surface area (Å²) in [7, 11) is 0. The number of rotatable bonds is 5. The molecule has 1 aliphatic rings. The van der Waals surface area contributed by atoms with Gasteiger partial charge in [0.2, 0.25) is 0 Å². The minimum absolute atomic E-state index is 0.0302. The predicted molar refractivity (Wildman–Crippen MR) is 75.7 cm³/mol. The SMILES string of the molecule is O=C(O)CC1(NC(=O)NCc2cccc(Cl)c2)CCC1. The maximum absolute atomic E-state index is 11.8. The monoisotopic (exact) mass is 296 g/mol. The molecule has 0 unspecified atom stereocenters. The quantitative estimate of drug-likeness (QED) is 0.781. The molecule has 1 aliphatic carbocycles. The van der Waals surface area contributed by atoms with Crippen LogP contribution in [0.2, 0.25) is 5.02 Å². The number of hydrogen-bond donors (Lipinski definition) is 3. The number of carbonyl (C=O) groups is 2. The van der Waals surface area contributed by atoms with Gasteiger partial charge in [-0.25, -0.2) is 4.79 Å². The van der Waals surface area contributed by atoms with E-state index in [4.69, 9.17) is 16.7 Å². The summed E-state index contributed by atoms with van der Waals surface area (Å²) in [5, 5.41) is 15.0. The highest BCUT2D eigenvalue weighted by Crippen LogP contribution is 2.34. The highest BCUT2D eigenvalue weighted by atomic mass is 35.5. The fraction of sp³-hybridized carbons (Fsp3) is 0.429. The largest absolute Gasteiger partial charge is 0.481 e. The van der Waals surface area contributed by atoms with Crippen LogP contribution in [0.25, 0.3) is 0 Å². The fourth-order valence-corrected chi connectivity index (χ4v) is 2.57. The van der Waals surface area contributed by atoms with Crippen molar-refractivity contribution in [3.8, 4) is 0 Å². The maximum Gasteiger partial charge on any atom is 0.315 e. The Morgan fingerprint density at radius 3 is 2.65 bits per heavy atom. The number of benzene rings is 1. The summed E-state index contributed by atoms with van der Waals surface area (Å²) < 4.78 is 0. The molecular weight excluding hydrogens is 280 g/mol. The lowest BCUT2D eigenvalue weighted by molar-refractivity contribution is -0.139. The van der Waals surface area contributed by atoms with Gasteiger partial charge in [0.1, 0.15) is 0 Å². The topological polar surface area (TPSA) is 78.4 Å². The molecule has 0 aliphatic heterocycles. The first-order valence-electron chi connectivity index (χ1n) is 6.51. The predicted octanol–water partition coefficient (Wildman–Crippen LogP) is 2.54. The van der Waals surface area contributed by atoms with E-state index in [1.165, 1.54) is 0 Å². The molecule has 2 rings (SSSR count). The molecule has 0 atom stereocenters. The van der Waals surface area contributed by atoms with Crippen LogP contribution in [-0.4, -0.2) is 22.6 Å². The second kappa shape index (κ2) is 6.13. The first-order valence-corrected chi connectivity index (χ1v) is 6.89. The van der Waals surface area contributed by atoms with E-state index in [-0.39, 0.29) is 12.5 Å². The highest BCUT2D eigenvalue weighted by Gasteiger charge is 2.40. The second-order valence-electron chi connectivity index (χ2n) is 5.14. The van der Waals surface area contributed by atoms with Crippen molar-refractivity contribution >= 4 is 23.6 Å². The van der Waals surface area contributed by atoms with E-state index in [0.29, 0.717) is 24.4 Å². The first-order chi connectivity index (χ1) is 9.49. The van der Waals surface area contributed by atoms with Crippen LogP contribution in [0.1, 0.15) is 31.2 Å². The van der Waals surface area contributed by atoms with Crippen molar-refractivity contribution in [3.05, 3.63) is 34.9 Å². The zero-order valence-electron chi connectivity index (χ0n) is 11.0. The lowest BCUT2D eigenvalue weighted by Gasteiger charge is -2.41. The molecule has 0 radical (unpaired) electrons. The van der Waals surface area contributed by atoms with Gasteiger partial charge in [0.25, 0.3) is 0 Å². The van der Waals surface area contributed by atoms with E-state index in [0.717, 1.165) is 12.0 Å². The van der Waals surface area contributed by atoms with Crippen molar-refractivity contribution in [3.63, 3.8) is 0 Å². The fourth-order valence-electron chi connectivity index (χ4n) is 2.35. The average Bonchev–Trinajstić information content (AvgIpc) is 2.33. The molecule has 1 aromatic rings. The Hall–Kier alpha value is -1.75. The van der Waals surface area contributed by atoms with E-state index in [1.807, 2.05) is 12.1 Å². The van der Waals surface area contributed by atoms with Gasteiger partial charge in [0.05, 0.1) is 12.0 Å². The molecule has 3 N–H and O–H groups in total. The summed E-state index contributed by atoms with van der Waals surface area (Å²) in [4.78, 5) is 22.7. The molecule has 1 fully saturated rings. The van der Waals surface area contributed by atoms with Crippen LogP contribution < -0.4 is 10.6 Å². The van der Waals surface area contributed by atoms with Gasteiger partial charge in [0, 0.05) is 11.6 Å². The van der Waals surface area contributed by atoms with Crippen LogP contribution in [0.5, 0.6) is 0 Å². The van der Waals surface area contributed by atoms with Crippen molar-refractivity contribution < 1.29 is 14.7 Å². The molecule has 20 heavy (non-hydrogen) atoms. The minimum atomic E-state index is -0.889. The number of carboxylic acid groups (broad SMARTS) is 1. The molecule has 0 bridgehead atoms. The highest BCUT2D eigenvalue weighted by molar-refractivity contribution is 6.30. The lowest BCUT2D eigenvalue weighted by Crippen LogP contribution is -2.57. The van der Waals surface area contributed by atoms with E-state index >= 15 is 0 Å². The van der Waals surface area contributed by atoms with Crippen LogP contribution >= 0.6 is 11.6 Å². The molecule has 0 spiro atoms. The first kappa shape index (κ1) is 14.7. The number of hydrogen-bond acceptors (Lipinski definition) is 2. The molecular formula is C14H17ClN2O3. The van der Waals surface area contributed by atoms with E-state index in [1.54, 1.807) is 12.1 Å². The average molecular weight is 297 g/mol. The van der Waals surface area contributed by atoms with Crippen molar-refractivity contribution in [1.82, 2.24) is 10.6 Å². The summed E-state index contributed by atoms with van der Waals surface area (Å²) in [5.74, 6) is -0.889. The molecule has 0 saturated heterocycles. The van der Waals surface area contributed by atoms with Gasteiger partial charge >= 0.3 is 12.0 Å². The number of amides is 2. The maximum atomic E-state index is 11.8. The van der Waals surface area contributed by atoms with Gasteiger partial charge in [-0.2, -0.15) is 0 Å². The van der Waals surface area contributed by atoms with Crippen LogP contribution in [0.4, 0.5) is 4.79 Å². The van der Waals surface area contributed by atoms with Gasteiger partial charge < -0.3 is 15.7 Å². The third-order valence-electron chi connectivity index (χ3n) is 3.52. The van der Waals surface area contributed by atoms with E-state index < -0.39 is 11.5 Å². The Balaban J connectivity index is 1.84. The van der Waals surface area contributed by atoms with Crippen molar-refractivity contribution in [2.45, 2.75) is 37.8 Å². The molecule has 0 heterocycles. The van der Waals surface area contributed by atoms with Crippen LogP contribution in [0, 0.1) is 0 Å². The molecule has 1 aromatic carbocycles. The summed E-state index contributed by atoms with van der Waals surface area (Å²) in [5.41, 5.74) is 0.318. The third kappa shape index (κ3) is 3.87. The van der Waals surface area contributed by atoms with E-state index in [2.05, 4.69) is 10.6 Å². The Morgan fingerprint density at radius 1 is 1.35 bits per heavy atom. The Morgan fingerprint density at radius 2 is 2.10 bits per heavy atom. The minimum Gasteiger partial charge on any atom is -0.481 e. The molecule has 5 nitrogen and oxygen atoms in total. The Kier molecular flexibility index (Phi) is 4.49. The molecule has 2 amide bonds. The molecule has 108 valence electrons. The molecule has 1 saturated carbocycles. The number of nitrogens with one attached hydrogen (secondary N) is 2.